The van der Waals surface area contributed by atoms with Gasteiger partial charge in [-0.2, -0.15) is 4.31 Å². The number of benzene rings is 2. The van der Waals surface area contributed by atoms with E-state index in [1.807, 2.05) is 44.4 Å². The van der Waals surface area contributed by atoms with Crippen molar-refractivity contribution in [2.24, 2.45) is 0 Å². The van der Waals surface area contributed by atoms with Gasteiger partial charge in [-0.15, -0.1) is 11.3 Å². The zero-order valence-electron chi connectivity index (χ0n) is 21.1. The number of thiophene rings is 1. The Morgan fingerprint density at radius 1 is 1.03 bits per heavy atom. The van der Waals surface area contributed by atoms with Crippen molar-refractivity contribution in [3.8, 4) is 5.75 Å². The van der Waals surface area contributed by atoms with Gasteiger partial charge in [0.1, 0.15) is 11.8 Å². The summed E-state index contributed by atoms with van der Waals surface area (Å²) < 4.78 is 35.1. The van der Waals surface area contributed by atoms with E-state index in [2.05, 4.69) is 0 Å². The first-order valence-corrected chi connectivity index (χ1v) is 14.1. The van der Waals surface area contributed by atoms with E-state index in [-0.39, 0.29) is 17.9 Å². The minimum atomic E-state index is -4.12. The number of imide groups is 1. The van der Waals surface area contributed by atoms with Crippen molar-refractivity contribution in [2.75, 3.05) is 11.5 Å². The average molecular weight is 527 g/mol. The first-order chi connectivity index (χ1) is 17.1. The minimum absolute atomic E-state index is 0.00662. The van der Waals surface area contributed by atoms with Crippen molar-refractivity contribution in [2.45, 2.75) is 58.5 Å². The lowest BCUT2D eigenvalue weighted by Gasteiger charge is -2.28. The molecular weight excluding hydrogens is 496 g/mol. The highest BCUT2D eigenvalue weighted by Gasteiger charge is 2.47. The molecule has 4 rings (SSSR count). The van der Waals surface area contributed by atoms with Crippen molar-refractivity contribution >= 4 is 38.9 Å². The van der Waals surface area contributed by atoms with E-state index in [1.165, 1.54) is 15.6 Å². The quantitative estimate of drug-likeness (QED) is 0.390. The molecule has 1 atom stereocenters. The van der Waals surface area contributed by atoms with Crippen LogP contribution >= 0.6 is 11.3 Å². The van der Waals surface area contributed by atoms with E-state index >= 15 is 0 Å². The fourth-order valence-corrected chi connectivity index (χ4v) is 7.50. The Bertz CT molecular complexity index is 1370. The zero-order valence-corrected chi connectivity index (χ0v) is 22.7. The maximum atomic E-state index is 14.2. The summed E-state index contributed by atoms with van der Waals surface area (Å²) in [6.07, 6.45) is -0.223. The fraction of sp³-hybridized carbons (Fsp3) is 0.333. The van der Waals surface area contributed by atoms with Crippen molar-refractivity contribution in [3.05, 3.63) is 75.0 Å². The highest BCUT2D eigenvalue weighted by molar-refractivity contribution is 7.89. The summed E-state index contributed by atoms with van der Waals surface area (Å²) in [5.74, 6) is -0.363. The van der Waals surface area contributed by atoms with Gasteiger partial charge in [0.05, 0.1) is 23.6 Å². The Kier molecular flexibility index (Phi) is 7.36. The standard InChI is InChI=1S/C27H30N2O5S2/c1-6-34-22-11-9-21(10-12-22)29-25(30)15-24(27(29)31)28(16-23-8-7-13-35-23)36(32,33)26-19(4)17(2)14-18(3)20(26)5/h7-14,24H,6,15-16H2,1-5H3. The molecule has 36 heavy (non-hydrogen) atoms. The maximum Gasteiger partial charge on any atom is 0.252 e. The molecule has 0 bridgehead atoms. The van der Waals surface area contributed by atoms with E-state index in [4.69, 9.17) is 4.74 Å². The molecule has 1 saturated heterocycles. The molecular formula is C27H30N2O5S2. The molecule has 1 aliphatic rings. The smallest absolute Gasteiger partial charge is 0.252 e. The van der Waals surface area contributed by atoms with Crippen LogP contribution in [0.15, 0.2) is 52.7 Å². The minimum Gasteiger partial charge on any atom is -0.494 e. The van der Waals surface area contributed by atoms with Gasteiger partial charge in [0, 0.05) is 11.4 Å². The van der Waals surface area contributed by atoms with E-state index in [1.54, 1.807) is 38.1 Å². The monoisotopic (exact) mass is 526 g/mol. The molecule has 2 amide bonds. The van der Waals surface area contributed by atoms with Gasteiger partial charge in [0.2, 0.25) is 15.9 Å². The Morgan fingerprint density at radius 2 is 1.67 bits per heavy atom. The third-order valence-corrected chi connectivity index (χ3v) is 9.62. The molecule has 1 fully saturated rings. The number of hydrogen-bond donors (Lipinski definition) is 0. The van der Waals surface area contributed by atoms with Crippen molar-refractivity contribution in [1.82, 2.24) is 4.31 Å². The number of hydrogen-bond acceptors (Lipinski definition) is 6. The molecule has 9 heteroatoms. The fourth-order valence-electron chi connectivity index (χ4n) is 4.57. The van der Waals surface area contributed by atoms with Crippen molar-refractivity contribution < 1.29 is 22.7 Å². The van der Waals surface area contributed by atoms with Crippen LogP contribution in [-0.2, 0) is 26.2 Å². The summed E-state index contributed by atoms with van der Waals surface area (Å²) in [6, 6.07) is 11.1. The molecule has 2 aromatic carbocycles. The summed E-state index contributed by atoms with van der Waals surface area (Å²) in [7, 11) is -4.12. The van der Waals surface area contributed by atoms with Gasteiger partial charge >= 0.3 is 0 Å². The molecule has 0 saturated carbocycles. The van der Waals surface area contributed by atoms with E-state index in [0.29, 0.717) is 29.2 Å². The summed E-state index contributed by atoms with van der Waals surface area (Å²) in [6.45, 7) is 9.69. The SMILES string of the molecule is CCOc1ccc(N2C(=O)CC(N(Cc3cccs3)S(=O)(=O)c3c(C)c(C)cc(C)c3C)C2=O)cc1. The van der Waals surface area contributed by atoms with Crippen LogP contribution in [0.1, 0.15) is 40.5 Å². The van der Waals surface area contributed by atoms with Crippen LogP contribution in [0.2, 0.25) is 0 Å². The Labute approximate surface area is 216 Å². The molecule has 7 nitrogen and oxygen atoms in total. The molecule has 1 unspecified atom stereocenters. The van der Waals surface area contributed by atoms with Gasteiger partial charge in [0.15, 0.2) is 0 Å². The van der Waals surface area contributed by atoms with Crippen LogP contribution in [0.3, 0.4) is 0 Å². The summed E-state index contributed by atoms with van der Waals surface area (Å²) >= 11 is 1.41. The lowest BCUT2D eigenvalue weighted by atomic mass is 10.0. The van der Waals surface area contributed by atoms with Gasteiger partial charge in [0.25, 0.3) is 5.91 Å². The number of rotatable bonds is 8. The zero-order chi connectivity index (χ0) is 26.2. The van der Waals surface area contributed by atoms with Crippen molar-refractivity contribution in [3.63, 3.8) is 0 Å². The second-order valence-corrected chi connectivity index (χ2v) is 11.8. The van der Waals surface area contributed by atoms with Gasteiger partial charge in [-0.25, -0.2) is 13.3 Å². The highest BCUT2D eigenvalue weighted by Crippen LogP contribution is 2.35. The number of nitrogens with zero attached hydrogens (tertiary/aromatic N) is 2. The number of carbonyl (C=O) groups is 2. The number of amides is 2. The second-order valence-electron chi connectivity index (χ2n) is 8.93. The summed E-state index contributed by atoms with van der Waals surface area (Å²) in [5.41, 5.74) is 3.40. The molecule has 0 radical (unpaired) electrons. The topological polar surface area (TPSA) is 84.0 Å². The predicted octanol–water partition coefficient (Wildman–Crippen LogP) is 4.90. The van der Waals surface area contributed by atoms with Crippen LogP contribution in [-0.4, -0.2) is 37.2 Å². The van der Waals surface area contributed by atoms with E-state index < -0.39 is 27.9 Å². The van der Waals surface area contributed by atoms with Crippen molar-refractivity contribution in [1.29, 1.82) is 0 Å². The molecule has 0 spiro atoms. The lowest BCUT2D eigenvalue weighted by molar-refractivity contribution is -0.122. The van der Waals surface area contributed by atoms with Crippen LogP contribution in [0.5, 0.6) is 5.75 Å². The largest absolute Gasteiger partial charge is 0.494 e. The third-order valence-electron chi connectivity index (χ3n) is 6.63. The number of anilines is 1. The van der Waals surface area contributed by atoms with Crippen LogP contribution in [0.4, 0.5) is 5.69 Å². The molecule has 0 aliphatic carbocycles. The Hall–Kier alpha value is -3.01. The van der Waals surface area contributed by atoms with Gasteiger partial charge in [-0.05, 0) is 92.6 Å². The Balaban J connectivity index is 1.78. The van der Waals surface area contributed by atoms with Crippen LogP contribution in [0.25, 0.3) is 0 Å². The molecule has 1 aromatic heterocycles. The van der Waals surface area contributed by atoms with Gasteiger partial charge in [-0.3, -0.25) is 9.59 Å². The first-order valence-electron chi connectivity index (χ1n) is 11.8. The van der Waals surface area contributed by atoms with Gasteiger partial charge < -0.3 is 4.74 Å². The number of sulfonamides is 1. The summed E-state index contributed by atoms with van der Waals surface area (Å²) in [5, 5.41) is 1.86. The van der Waals surface area contributed by atoms with Crippen LogP contribution in [0, 0.1) is 27.7 Å². The molecule has 0 N–H and O–H groups in total. The number of aryl methyl sites for hydroxylation is 2. The van der Waals surface area contributed by atoms with Gasteiger partial charge in [-0.1, -0.05) is 12.1 Å². The third kappa shape index (κ3) is 4.70. The Morgan fingerprint density at radius 3 is 2.22 bits per heavy atom. The second kappa shape index (κ2) is 10.2. The number of carbonyl (C=O) groups excluding carboxylic acids is 2. The predicted molar refractivity (Wildman–Crippen MR) is 141 cm³/mol. The lowest BCUT2D eigenvalue weighted by Crippen LogP contribution is -2.45. The first kappa shape index (κ1) is 26.1. The molecule has 3 aromatic rings. The van der Waals surface area contributed by atoms with E-state index in [0.717, 1.165) is 20.9 Å². The van der Waals surface area contributed by atoms with Crippen LogP contribution < -0.4 is 9.64 Å². The normalized spacial score (nSPS) is 16.3. The highest BCUT2D eigenvalue weighted by atomic mass is 32.2. The maximum absolute atomic E-state index is 14.2. The summed E-state index contributed by atoms with van der Waals surface area (Å²) in [4.78, 5) is 28.8. The average Bonchev–Trinajstić information content (AvgIpc) is 3.44. The van der Waals surface area contributed by atoms with E-state index in [9.17, 15) is 18.0 Å². The molecule has 190 valence electrons. The molecule has 2 heterocycles. The number of ether oxygens (including phenoxy) is 1. The molecule has 1 aliphatic heterocycles.